The third-order valence-electron chi connectivity index (χ3n) is 2.67. The molecule has 0 aliphatic heterocycles. The predicted molar refractivity (Wildman–Crippen MR) is 71.1 cm³/mol. The minimum atomic E-state index is -0.291. The molecule has 4 nitrogen and oxygen atoms in total. The van der Waals surface area contributed by atoms with Crippen LogP contribution in [0.2, 0.25) is 0 Å². The predicted octanol–water partition coefficient (Wildman–Crippen LogP) is 2.07. The van der Waals surface area contributed by atoms with E-state index in [-0.39, 0.29) is 11.9 Å². The minimum Gasteiger partial charge on any atom is -0.276 e. The smallest absolute Gasteiger partial charge is 0.124 e. The van der Waals surface area contributed by atoms with Crippen molar-refractivity contribution in [2.45, 2.75) is 12.5 Å². The summed E-state index contributed by atoms with van der Waals surface area (Å²) in [7, 11) is 1.85. The van der Waals surface area contributed by atoms with E-state index < -0.39 is 0 Å². The Kier molecular flexibility index (Phi) is 4.11. The number of aromatic nitrogens is 2. The van der Waals surface area contributed by atoms with Crippen molar-refractivity contribution >= 4 is 15.9 Å². The number of halogens is 2. The van der Waals surface area contributed by atoms with Crippen molar-refractivity contribution in [1.82, 2.24) is 15.2 Å². The van der Waals surface area contributed by atoms with Crippen molar-refractivity contribution in [3.63, 3.8) is 0 Å². The topological polar surface area (TPSA) is 55.9 Å². The summed E-state index contributed by atoms with van der Waals surface area (Å²) in [5.41, 5.74) is 4.38. The van der Waals surface area contributed by atoms with Crippen molar-refractivity contribution in [3.05, 3.63) is 52.0 Å². The lowest BCUT2D eigenvalue weighted by molar-refractivity contribution is 0.534. The molecular formula is C12H14BrFN4. The number of hydrogen-bond acceptors (Lipinski definition) is 3. The maximum atomic E-state index is 13.3. The normalized spacial score (nSPS) is 12.7. The monoisotopic (exact) mass is 312 g/mol. The van der Waals surface area contributed by atoms with Crippen LogP contribution in [0, 0.1) is 5.82 Å². The second-order valence-electron chi connectivity index (χ2n) is 4.11. The summed E-state index contributed by atoms with van der Waals surface area (Å²) in [6.07, 6.45) is 2.47. The molecule has 0 saturated heterocycles. The molecule has 2 rings (SSSR count). The van der Waals surface area contributed by atoms with Gasteiger partial charge in [0.15, 0.2) is 0 Å². The third kappa shape index (κ3) is 3.16. The highest BCUT2D eigenvalue weighted by Gasteiger charge is 2.13. The molecule has 2 aromatic rings. The van der Waals surface area contributed by atoms with Gasteiger partial charge < -0.3 is 0 Å². The molecule has 0 radical (unpaired) electrons. The summed E-state index contributed by atoms with van der Waals surface area (Å²) in [5.74, 6) is 5.25. The van der Waals surface area contributed by atoms with Crippen molar-refractivity contribution in [2.24, 2.45) is 12.9 Å². The Balaban J connectivity index is 2.22. The van der Waals surface area contributed by atoms with Crippen LogP contribution in [-0.4, -0.2) is 9.78 Å². The van der Waals surface area contributed by atoms with Gasteiger partial charge in [-0.1, -0.05) is 15.9 Å². The molecule has 18 heavy (non-hydrogen) atoms. The summed E-state index contributed by atoms with van der Waals surface area (Å²) >= 11 is 3.27. The maximum absolute atomic E-state index is 13.3. The van der Waals surface area contributed by atoms with E-state index in [1.807, 2.05) is 25.4 Å². The van der Waals surface area contributed by atoms with Crippen molar-refractivity contribution in [1.29, 1.82) is 0 Å². The fourth-order valence-electron chi connectivity index (χ4n) is 1.83. The van der Waals surface area contributed by atoms with Gasteiger partial charge in [-0.15, -0.1) is 0 Å². The zero-order valence-electron chi connectivity index (χ0n) is 9.90. The van der Waals surface area contributed by atoms with Crippen molar-refractivity contribution in [3.8, 4) is 0 Å². The Hall–Kier alpha value is -1.24. The van der Waals surface area contributed by atoms with Gasteiger partial charge in [-0.05, 0) is 29.8 Å². The van der Waals surface area contributed by atoms with Crippen molar-refractivity contribution < 1.29 is 4.39 Å². The third-order valence-corrected chi connectivity index (χ3v) is 3.13. The average molecular weight is 313 g/mol. The Labute approximate surface area is 113 Å². The SMILES string of the molecule is Cn1ccc(CC(NN)c2cc(F)cc(Br)c2)n1. The summed E-state index contributed by atoms with van der Waals surface area (Å²) in [4.78, 5) is 0. The van der Waals surface area contributed by atoms with Crippen LogP contribution in [-0.2, 0) is 13.5 Å². The van der Waals surface area contributed by atoms with Gasteiger partial charge >= 0.3 is 0 Å². The minimum absolute atomic E-state index is 0.174. The highest BCUT2D eigenvalue weighted by molar-refractivity contribution is 9.10. The summed E-state index contributed by atoms with van der Waals surface area (Å²) in [6, 6.07) is 6.47. The van der Waals surface area contributed by atoms with Crippen LogP contribution in [0.15, 0.2) is 34.9 Å². The molecule has 6 heteroatoms. The molecule has 3 N–H and O–H groups in total. The first-order chi connectivity index (χ1) is 8.58. The van der Waals surface area contributed by atoms with Gasteiger partial charge in [-0.25, -0.2) is 4.39 Å². The van der Waals surface area contributed by atoms with Crippen LogP contribution in [0.5, 0.6) is 0 Å². The highest BCUT2D eigenvalue weighted by Crippen LogP contribution is 2.22. The molecule has 0 bridgehead atoms. The standard InChI is InChI=1S/C12H14BrFN4/c1-18-3-2-11(17-18)7-12(16-15)8-4-9(13)6-10(14)5-8/h2-6,12,16H,7,15H2,1H3. The van der Waals surface area contributed by atoms with Crippen LogP contribution < -0.4 is 11.3 Å². The average Bonchev–Trinajstić information content (AvgIpc) is 2.70. The van der Waals surface area contributed by atoms with Gasteiger partial charge in [-0.2, -0.15) is 5.10 Å². The summed E-state index contributed by atoms with van der Waals surface area (Å²) in [5, 5.41) is 4.28. The number of aryl methyl sites for hydroxylation is 1. The molecule has 1 heterocycles. The van der Waals surface area contributed by atoms with Gasteiger partial charge in [0, 0.05) is 24.1 Å². The number of nitrogens with one attached hydrogen (secondary N) is 1. The molecular weight excluding hydrogens is 299 g/mol. The Bertz CT molecular complexity index is 520. The summed E-state index contributed by atoms with van der Waals surface area (Å²) < 4.78 is 15.8. The Morgan fingerprint density at radius 3 is 2.83 bits per heavy atom. The largest absolute Gasteiger partial charge is 0.276 e. The van der Waals surface area contributed by atoms with E-state index in [1.165, 1.54) is 12.1 Å². The van der Waals surface area contributed by atoms with Gasteiger partial charge in [0.05, 0.1) is 11.7 Å². The molecule has 0 aliphatic rings. The Morgan fingerprint density at radius 1 is 1.50 bits per heavy atom. The Morgan fingerprint density at radius 2 is 2.28 bits per heavy atom. The molecule has 1 atom stereocenters. The van der Waals surface area contributed by atoms with E-state index in [0.29, 0.717) is 10.9 Å². The van der Waals surface area contributed by atoms with E-state index in [1.54, 1.807) is 4.68 Å². The van der Waals surface area contributed by atoms with E-state index in [9.17, 15) is 4.39 Å². The van der Waals surface area contributed by atoms with E-state index >= 15 is 0 Å². The molecule has 0 saturated carbocycles. The number of nitrogens with zero attached hydrogens (tertiary/aromatic N) is 2. The van der Waals surface area contributed by atoms with Crippen LogP contribution in [0.25, 0.3) is 0 Å². The van der Waals surface area contributed by atoms with Gasteiger partial charge in [0.25, 0.3) is 0 Å². The van der Waals surface area contributed by atoms with Crippen LogP contribution in [0.1, 0.15) is 17.3 Å². The molecule has 0 amide bonds. The summed E-state index contributed by atoms with van der Waals surface area (Å²) in [6.45, 7) is 0. The molecule has 1 aromatic heterocycles. The first-order valence-electron chi connectivity index (χ1n) is 5.49. The van der Waals surface area contributed by atoms with Crippen LogP contribution >= 0.6 is 15.9 Å². The van der Waals surface area contributed by atoms with Crippen LogP contribution in [0.3, 0.4) is 0 Å². The number of rotatable bonds is 4. The quantitative estimate of drug-likeness (QED) is 0.671. The lowest BCUT2D eigenvalue weighted by atomic mass is 10.0. The number of hydrogen-bond donors (Lipinski definition) is 2. The molecule has 1 aromatic carbocycles. The molecule has 96 valence electrons. The van der Waals surface area contributed by atoms with Crippen molar-refractivity contribution in [2.75, 3.05) is 0 Å². The fourth-order valence-corrected chi connectivity index (χ4v) is 2.31. The van der Waals surface area contributed by atoms with Crippen LogP contribution in [0.4, 0.5) is 4.39 Å². The molecule has 0 spiro atoms. The number of nitrogens with two attached hydrogens (primary N) is 1. The van der Waals surface area contributed by atoms with E-state index in [2.05, 4.69) is 26.5 Å². The molecule has 0 fully saturated rings. The number of benzene rings is 1. The second kappa shape index (κ2) is 5.60. The highest BCUT2D eigenvalue weighted by atomic mass is 79.9. The van der Waals surface area contributed by atoms with Gasteiger partial charge in [0.1, 0.15) is 5.82 Å². The zero-order chi connectivity index (χ0) is 13.1. The lowest BCUT2D eigenvalue weighted by Gasteiger charge is -2.15. The molecule has 0 aliphatic carbocycles. The molecule has 1 unspecified atom stereocenters. The first-order valence-corrected chi connectivity index (χ1v) is 6.28. The first kappa shape index (κ1) is 13.2. The van der Waals surface area contributed by atoms with E-state index in [0.717, 1.165) is 11.3 Å². The second-order valence-corrected chi connectivity index (χ2v) is 5.02. The van der Waals surface area contributed by atoms with Gasteiger partial charge in [0.2, 0.25) is 0 Å². The fraction of sp³-hybridized carbons (Fsp3) is 0.250. The maximum Gasteiger partial charge on any atom is 0.124 e. The van der Waals surface area contributed by atoms with E-state index in [4.69, 9.17) is 5.84 Å². The lowest BCUT2D eigenvalue weighted by Crippen LogP contribution is -2.29. The van der Waals surface area contributed by atoms with Gasteiger partial charge in [-0.3, -0.25) is 16.0 Å². The number of hydrazine groups is 1. The zero-order valence-corrected chi connectivity index (χ0v) is 11.5.